The second kappa shape index (κ2) is 11.1. The Balaban J connectivity index is 1.46. The fourth-order valence-electron chi connectivity index (χ4n) is 7.50. The molecule has 0 heterocycles. The molecule has 0 amide bonds. The molecule has 0 aromatic carbocycles. The lowest BCUT2D eigenvalue weighted by Gasteiger charge is -2.41. The van der Waals surface area contributed by atoms with Gasteiger partial charge < -0.3 is 9.53 Å². The third-order valence-electron chi connectivity index (χ3n) is 11.2. The van der Waals surface area contributed by atoms with Crippen LogP contribution in [0.1, 0.15) is 111 Å². The van der Waals surface area contributed by atoms with Crippen molar-refractivity contribution in [3.8, 4) is 0 Å². The van der Waals surface area contributed by atoms with Crippen molar-refractivity contribution in [3.05, 3.63) is 23.3 Å². The minimum atomic E-state index is -1.85. The number of aliphatic carboxylic acids is 1. The normalized spacial score (nSPS) is 34.8. The number of ketones is 1. The van der Waals surface area contributed by atoms with Gasteiger partial charge in [-0.1, -0.05) is 70.3 Å². The Morgan fingerprint density at radius 1 is 1.11 bits per heavy atom. The molecule has 0 spiro atoms. The van der Waals surface area contributed by atoms with E-state index in [0.717, 1.165) is 25.2 Å². The summed E-state index contributed by atoms with van der Waals surface area (Å²) in [5.74, 6) is 1.65. The van der Waals surface area contributed by atoms with Crippen LogP contribution in [0.15, 0.2) is 23.3 Å². The quantitative estimate of drug-likeness (QED) is 0.204. The van der Waals surface area contributed by atoms with Crippen LogP contribution in [0.5, 0.6) is 0 Å². The predicted molar refractivity (Wildman–Crippen MR) is 153 cm³/mol. The van der Waals surface area contributed by atoms with E-state index in [1.54, 1.807) is 0 Å². The molecule has 0 saturated heterocycles. The lowest BCUT2D eigenvalue weighted by molar-refractivity contribution is -0.156. The largest absolute Gasteiger partial charge is 0.480 e. The Morgan fingerprint density at radius 3 is 2.41 bits per heavy atom. The molecule has 4 aliphatic carbocycles. The molecule has 0 aliphatic heterocycles. The molecule has 4 saturated carbocycles. The average Bonchev–Trinajstić information content (AvgIpc) is 3.43. The maximum Gasteiger partial charge on any atom is 0.317 e. The van der Waals surface area contributed by atoms with Gasteiger partial charge in [0.25, 0.3) is 0 Å². The predicted octanol–water partition coefficient (Wildman–Crippen LogP) is 8.48. The van der Waals surface area contributed by atoms with Crippen molar-refractivity contribution in [1.82, 2.24) is 0 Å². The van der Waals surface area contributed by atoms with Gasteiger partial charge in [0.05, 0.1) is 6.10 Å². The van der Waals surface area contributed by atoms with Crippen molar-refractivity contribution < 1.29 is 19.1 Å². The van der Waals surface area contributed by atoms with E-state index in [4.69, 9.17) is 4.43 Å². The van der Waals surface area contributed by atoms with Gasteiger partial charge in [0.15, 0.2) is 14.1 Å². The zero-order valence-corrected chi connectivity index (χ0v) is 25.4. The fraction of sp³-hybridized carbons (Fsp3) is 0.812. The van der Waals surface area contributed by atoms with Gasteiger partial charge in [0.2, 0.25) is 0 Å². The lowest BCUT2D eigenvalue weighted by atomic mass is 9.69. The van der Waals surface area contributed by atoms with E-state index in [1.165, 1.54) is 56.1 Å². The van der Waals surface area contributed by atoms with Crippen molar-refractivity contribution in [2.75, 3.05) is 0 Å². The van der Waals surface area contributed by atoms with Crippen molar-refractivity contribution >= 4 is 20.1 Å². The first kappa shape index (κ1) is 28.8. The summed E-state index contributed by atoms with van der Waals surface area (Å²) in [5.41, 5.74) is 1.61. The van der Waals surface area contributed by atoms with Crippen LogP contribution in [0.3, 0.4) is 0 Å². The molecule has 208 valence electrons. The van der Waals surface area contributed by atoms with Gasteiger partial charge in [-0.25, -0.2) is 0 Å². The van der Waals surface area contributed by atoms with Crippen LogP contribution < -0.4 is 0 Å². The number of Topliss-reactive ketones (excluding diaryl/α,β-unsaturated/α-hetero) is 1. The molecule has 0 bridgehead atoms. The maximum atomic E-state index is 12.9. The molecule has 4 fully saturated rings. The van der Waals surface area contributed by atoms with Gasteiger partial charge in [-0.15, -0.1) is 0 Å². The van der Waals surface area contributed by atoms with Crippen LogP contribution in [-0.2, 0) is 14.0 Å². The number of hydrogen-bond acceptors (Lipinski definition) is 3. The van der Waals surface area contributed by atoms with E-state index >= 15 is 0 Å². The summed E-state index contributed by atoms with van der Waals surface area (Å²) in [7, 11) is -1.85. The Kier molecular flexibility index (Phi) is 8.65. The minimum Gasteiger partial charge on any atom is -0.480 e. The van der Waals surface area contributed by atoms with Crippen molar-refractivity contribution in [2.24, 2.45) is 29.1 Å². The molecule has 0 aromatic heterocycles. The van der Waals surface area contributed by atoms with Crippen molar-refractivity contribution in [1.29, 1.82) is 0 Å². The number of allylic oxidation sites excluding steroid dienone is 3. The monoisotopic (exact) mass is 528 g/mol. The molecule has 0 aromatic rings. The maximum absolute atomic E-state index is 12.9. The van der Waals surface area contributed by atoms with Gasteiger partial charge in [-0.3, -0.25) is 9.59 Å². The molecule has 4 rings (SSSR count). The van der Waals surface area contributed by atoms with E-state index in [-0.39, 0.29) is 16.9 Å². The molecular formula is C32H52O4Si. The Labute approximate surface area is 226 Å². The van der Waals surface area contributed by atoms with Crippen LogP contribution >= 0.6 is 0 Å². The van der Waals surface area contributed by atoms with Gasteiger partial charge in [-0.05, 0) is 99.6 Å². The fourth-order valence-corrected chi connectivity index (χ4v) is 8.81. The van der Waals surface area contributed by atoms with Gasteiger partial charge in [-0.2, -0.15) is 0 Å². The highest BCUT2D eigenvalue weighted by Gasteiger charge is 2.48. The Hall–Kier alpha value is -1.20. The van der Waals surface area contributed by atoms with E-state index < -0.39 is 19.7 Å². The molecular weight excluding hydrogens is 476 g/mol. The van der Waals surface area contributed by atoms with Crippen molar-refractivity contribution in [3.63, 3.8) is 0 Å². The van der Waals surface area contributed by atoms with Gasteiger partial charge in [0, 0.05) is 6.42 Å². The standard InChI is InChI=1S/C32H52O4Si/c1-7-32(30(34)35)18-17-24(21-29(32)33)26-19-25-14-13-22(27(25)20-26)15-16-28(23-11-9-8-10-12-23)36-37(5,6)31(2,3)4/h15-16,22-23,25,27-28H,7-14,17-21H2,1-6H3,(H,34,35)/b16-15+,26-24?/t22-,25+,27-,28-,32?/m1/s1. The summed E-state index contributed by atoms with van der Waals surface area (Å²) in [5, 5.41) is 9.95. The zero-order valence-electron chi connectivity index (χ0n) is 24.4. The molecule has 1 unspecified atom stereocenters. The first-order chi connectivity index (χ1) is 17.4. The number of carbonyl (C=O) groups excluding carboxylic acids is 1. The zero-order chi connectivity index (χ0) is 27.0. The number of hydrogen-bond donors (Lipinski definition) is 1. The van der Waals surface area contributed by atoms with E-state index in [9.17, 15) is 14.7 Å². The van der Waals surface area contributed by atoms with Crippen LogP contribution in [0.4, 0.5) is 0 Å². The number of carboxylic acid groups (broad SMARTS) is 1. The van der Waals surface area contributed by atoms with Gasteiger partial charge >= 0.3 is 5.97 Å². The van der Waals surface area contributed by atoms with E-state index in [0.29, 0.717) is 37.0 Å². The Bertz CT molecular complexity index is 920. The summed E-state index contributed by atoms with van der Waals surface area (Å²) in [6.07, 6.45) is 18.7. The van der Waals surface area contributed by atoms with E-state index in [1.807, 2.05) is 6.92 Å². The van der Waals surface area contributed by atoms with Gasteiger partial charge in [0.1, 0.15) is 5.41 Å². The summed E-state index contributed by atoms with van der Waals surface area (Å²) in [6, 6.07) is 0. The third-order valence-corrected chi connectivity index (χ3v) is 15.7. The Morgan fingerprint density at radius 2 is 1.81 bits per heavy atom. The molecule has 1 N–H and O–H groups in total. The highest BCUT2D eigenvalue weighted by Crippen LogP contribution is 2.53. The molecule has 4 nitrogen and oxygen atoms in total. The molecule has 0 radical (unpaired) electrons. The van der Waals surface area contributed by atoms with Crippen LogP contribution in [0.2, 0.25) is 18.1 Å². The highest BCUT2D eigenvalue weighted by molar-refractivity contribution is 6.74. The summed E-state index contributed by atoms with van der Waals surface area (Å²) in [4.78, 5) is 24.8. The first-order valence-corrected chi connectivity index (χ1v) is 18.1. The molecule has 5 heteroatoms. The smallest absolute Gasteiger partial charge is 0.317 e. The molecule has 37 heavy (non-hydrogen) atoms. The number of fused-ring (bicyclic) bond motifs is 1. The van der Waals surface area contributed by atoms with Crippen LogP contribution in [0.25, 0.3) is 0 Å². The van der Waals surface area contributed by atoms with Crippen LogP contribution in [0, 0.1) is 29.1 Å². The van der Waals surface area contributed by atoms with Crippen LogP contribution in [-0.4, -0.2) is 31.3 Å². The number of rotatable bonds is 7. The number of carbonyl (C=O) groups is 2. The second-order valence-electron chi connectivity index (χ2n) is 14.2. The third kappa shape index (κ3) is 5.88. The minimum absolute atomic E-state index is 0.0668. The lowest BCUT2D eigenvalue weighted by Crippen LogP contribution is -2.45. The SMILES string of the molecule is CCC1(C(=O)O)CCC(=C2C[C@@H]3CC[C@H](/C=C/[C@@H](O[Si](C)(C)C(C)(C)C)C4CCCCC4)[C@H]3C2)CC1=O. The van der Waals surface area contributed by atoms with E-state index in [2.05, 4.69) is 46.0 Å². The highest BCUT2D eigenvalue weighted by atomic mass is 28.4. The molecule has 5 atom stereocenters. The molecule has 4 aliphatic rings. The number of carboxylic acids is 1. The topological polar surface area (TPSA) is 63.6 Å². The van der Waals surface area contributed by atoms with Crippen molar-refractivity contribution in [2.45, 2.75) is 135 Å². The average molecular weight is 529 g/mol. The summed E-state index contributed by atoms with van der Waals surface area (Å²) in [6.45, 7) is 13.6. The first-order valence-electron chi connectivity index (χ1n) is 15.2. The summed E-state index contributed by atoms with van der Waals surface area (Å²) >= 11 is 0. The second-order valence-corrected chi connectivity index (χ2v) is 19.0. The summed E-state index contributed by atoms with van der Waals surface area (Å²) < 4.78 is 7.05.